The van der Waals surface area contributed by atoms with Gasteiger partial charge in [-0.2, -0.15) is 5.26 Å². The first-order chi connectivity index (χ1) is 15.1. The first-order valence-electron chi connectivity index (χ1n) is 10.6. The van der Waals surface area contributed by atoms with Gasteiger partial charge >= 0.3 is 5.69 Å². The molecule has 4 heterocycles. The molecule has 170 valence electrons. The summed E-state index contributed by atoms with van der Waals surface area (Å²) < 4.78 is 45.0. The Kier molecular flexibility index (Phi) is 7.14. The molecule has 6 atom stereocenters. The summed E-state index contributed by atoms with van der Waals surface area (Å²) in [5.74, 6) is 0. The molecule has 0 spiro atoms. The molecule has 0 saturated carbocycles. The van der Waals surface area contributed by atoms with Gasteiger partial charge in [-0.1, -0.05) is 0 Å². The normalized spacial score (nSPS) is 33.8. The number of ether oxygens (including phenoxy) is 5. The summed E-state index contributed by atoms with van der Waals surface area (Å²) in [5.41, 5.74) is -1.98. The molecule has 10 nitrogen and oxygen atoms in total. The van der Waals surface area contributed by atoms with Gasteiger partial charge in [0, 0.05) is 19.3 Å². The van der Waals surface area contributed by atoms with Crippen LogP contribution in [0, 0.1) is 11.3 Å². The summed E-state index contributed by atoms with van der Waals surface area (Å²) in [5, 5.41) is 9.35. The molecule has 1 aromatic heterocycles. The molecule has 2 unspecified atom stereocenters. The Bertz CT molecular complexity index is 901. The molecule has 0 radical (unpaired) electrons. The lowest BCUT2D eigenvalue weighted by Gasteiger charge is -2.29. The minimum Gasteiger partial charge on any atom is -0.353 e. The van der Waals surface area contributed by atoms with Gasteiger partial charge in [0.05, 0.1) is 6.61 Å². The molecular weight excluding hydrogens is 413 g/mol. The van der Waals surface area contributed by atoms with Crippen LogP contribution < -0.4 is 11.2 Å². The lowest BCUT2D eigenvalue weighted by molar-refractivity contribution is -0.220. The molecule has 3 aliphatic rings. The van der Waals surface area contributed by atoms with Crippen LogP contribution >= 0.6 is 0 Å². The Balaban J connectivity index is 1.55. The Morgan fingerprint density at radius 2 is 1.87 bits per heavy atom. The zero-order valence-corrected chi connectivity index (χ0v) is 17.0. The van der Waals surface area contributed by atoms with Crippen molar-refractivity contribution in [3.63, 3.8) is 0 Å². The molecule has 1 N–H and O–H groups in total. The first-order valence-corrected chi connectivity index (χ1v) is 10.6. The van der Waals surface area contributed by atoms with E-state index in [9.17, 15) is 14.9 Å². The average molecular weight is 439 g/mol. The maximum absolute atomic E-state index is 15.6. The van der Waals surface area contributed by atoms with E-state index in [1.54, 1.807) is 6.07 Å². The van der Waals surface area contributed by atoms with Crippen LogP contribution in [0.5, 0.6) is 0 Å². The van der Waals surface area contributed by atoms with Crippen molar-refractivity contribution in [1.29, 1.82) is 5.26 Å². The van der Waals surface area contributed by atoms with Crippen molar-refractivity contribution in [2.75, 3.05) is 19.8 Å². The molecule has 0 aromatic carbocycles. The average Bonchev–Trinajstić information content (AvgIpc) is 3.08. The van der Waals surface area contributed by atoms with Crippen molar-refractivity contribution in [1.82, 2.24) is 9.55 Å². The Morgan fingerprint density at radius 3 is 2.52 bits per heavy atom. The van der Waals surface area contributed by atoms with Gasteiger partial charge < -0.3 is 23.7 Å². The fourth-order valence-corrected chi connectivity index (χ4v) is 4.08. The highest BCUT2D eigenvalue weighted by atomic mass is 19.1. The predicted molar refractivity (Wildman–Crippen MR) is 103 cm³/mol. The highest BCUT2D eigenvalue weighted by molar-refractivity contribution is 5.20. The molecule has 3 saturated heterocycles. The van der Waals surface area contributed by atoms with E-state index in [1.807, 2.05) is 4.98 Å². The largest absolute Gasteiger partial charge is 0.353 e. The van der Waals surface area contributed by atoms with E-state index in [0.717, 1.165) is 42.7 Å². The van der Waals surface area contributed by atoms with Crippen LogP contribution in [0.4, 0.5) is 4.39 Å². The number of hydrogen-bond donors (Lipinski definition) is 1. The summed E-state index contributed by atoms with van der Waals surface area (Å²) in [6.45, 7) is 1.10. The number of H-pyrrole nitrogens is 1. The summed E-state index contributed by atoms with van der Waals surface area (Å²) in [7, 11) is 0. The van der Waals surface area contributed by atoms with Crippen LogP contribution in [0.3, 0.4) is 0 Å². The first kappa shape index (κ1) is 22.1. The summed E-state index contributed by atoms with van der Waals surface area (Å²) in [4.78, 5) is 26.0. The zero-order chi connectivity index (χ0) is 21.8. The third-order valence-electron chi connectivity index (χ3n) is 5.64. The fourth-order valence-electron chi connectivity index (χ4n) is 4.08. The van der Waals surface area contributed by atoms with Gasteiger partial charge in [0.15, 0.2) is 25.0 Å². The molecule has 31 heavy (non-hydrogen) atoms. The van der Waals surface area contributed by atoms with Crippen molar-refractivity contribution < 1.29 is 28.1 Å². The Labute approximate surface area is 177 Å². The van der Waals surface area contributed by atoms with Gasteiger partial charge in [0.2, 0.25) is 0 Å². The number of halogens is 1. The topological polar surface area (TPSA) is 125 Å². The number of aromatic nitrogens is 2. The van der Waals surface area contributed by atoms with Crippen molar-refractivity contribution in [3.05, 3.63) is 32.6 Å². The molecule has 0 bridgehead atoms. The molecule has 0 aliphatic carbocycles. The quantitative estimate of drug-likeness (QED) is 0.699. The van der Waals surface area contributed by atoms with E-state index >= 15 is 4.39 Å². The van der Waals surface area contributed by atoms with Gasteiger partial charge in [-0.15, -0.1) is 0 Å². The SMILES string of the molecule is N#Cc1cc(=O)[nH]c(=O)n1[C@@H]1O[C@H](COC2CCCCO2)[C@@H](OC2CCCCO2)[C@H]1F. The van der Waals surface area contributed by atoms with Crippen LogP contribution in [0.15, 0.2) is 15.7 Å². The molecule has 4 rings (SSSR count). The van der Waals surface area contributed by atoms with Gasteiger partial charge in [-0.05, 0) is 38.5 Å². The zero-order valence-electron chi connectivity index (χ0n) is 17.0. The van der Waals surface area contributed by atoms with Gasteiger partial charge in [-0.3, -0.25) is 14.3 Å². The maximum atomic E-state index is 15.6. The number of nitrogens with zero attached hydrogens (tertiary/aromatic N) is 2. The lowest BCUT2D eigenvalue weighted by Crippen LogP contribution is -2.41. The van der Waals surface area contributed by atoms with E-state index in [-0.39, 0.29) is 12.3 Å². The van der Waals surface area contributed by atoms with Crippen LogP contribution in [0.2, 0.25) is 0 Å². The highest BCUT2D eigenvalue weighted by Gasteiger charge is 2.49. The summed E-state index contributed by atoms with van der Waals surface area (Å²) in [6.07, 6.45) is -1.09. The molecule has 3 aliphatic heterocycles. The maximum Gasteiger partial charge on any atom is 0.331 e. The van der Waals surface area contributed by atoms with Gasteiger partial charge in [0.25, 0.3) is 5.56 Å². The number of rotatable bonds is 6. The van der Waals surface area contributed by atoms with Crippen LogP contribution in [-0.2, 0) is 23.7 Å². The second-order valence-corrected chi connectivity index (χ2v) is 7.84. The molecule has 0 amide bonds. The number of hydrogen-bond acceptors (Lipinski definition) is 8. The number of nitriles is 1. The third-order valence-corrected chi connectivity index (χ3v) is 5.64. The molecule has 3 fully saturated rings. The van der Waals surface area contributed by atoms with Crippen LogP contribution in [0.25, 0.3) is 0 Å². The standard InChI is InChI=1S/C20H26FN3O7/c21-17-18(31-16-6-2-4-8-28-16)13(11-29-15-5-1-3-7-27-15)30-19(17)24-12(10-22)9-14(25)23-20(24)26/h9,13,15-19H,1-8,11H2,(H,23,25,26)/t13-,15?,16?,17-,18-,19-/m1/s1. The number of nitrogens with one attached hydrogen (secondary N) is 1. The van der Waals surface area contributed by atoms with Crippen molar-refractivity contribution in [2.45, 2.75) is 75.7 Å². The van der Waals surface area contributed by atoms with Crippen LogP contribution in [-0.4, -0.2) is 60.3 Å². The minimum atomic E-state index is -1.79. The summed E-state index contributed by atoms with van der Waals surface area (Å²) >= 11 is 0. The molecular formula is C20H26FN3O7. The second-order valence-electron chi connectivity index (χ2n) is 7.84. The van der Waals surface area contributed by atoms with Crippen LogP contribution in [0.1, 0.15) is 50.4 Å². The van der Waals surface area contributed by atoms with E-state index < -0.39 is 48.4 Å². The van der Waals surface area contributed by atoms with Crippen molar-refractivity contribution in [3.8, 4) is 6.07 Å². The van der Waals surface area contributed by atoms with E-state index in [4.69, 9.17) is 23.7 Å². The third kappa shape index (κ3) is 5.05. The number of alkyl halides is 1. The Hall–Kier alpha value is -2.10. The fraction of sp³-hybridized carbons (Fsp3) is 0.750. The van der Waals surface area contributed by atoms with E-state index in [2.05, 4.69) is 0 Å². The van der Waals surface area contributed by atoms with Gasteiger partial charge in [0.1, 0.15) is 24.0 Å². The predicted octanol–water partition coefficient (Wildman–Crippen LogP) is 1.10. The second kappa shape index (κ2) is 10.0. The van der Waals surface area contributed by atoms with Crippen molar-refractivity contribution >= 4 is 0 Å². The van der Waals surface area contributed by atoms with E-state index in [0.29, 0.717) is 19.6 Å². The summed E-state index contributed by atoms with van der Waals surface area (Å²) in [6, 6.07) is 2.68. The monoisotopic (exact) mass is 439 g/mol. The van der Waals surface area contributed by atoms with E-state index in [1.165, 1.54) is 0 Å². The van der Waals surface area contributed by atoms with Crippen molar-refractivity contribution in [2.24, 2.45) is 0 Å². The lowest BCUT2D eigenvalue weighted by atomic mass is 10.1. The molecule has 1 aromatic rings. The highest BCUT2D eigenvalue weighted by Crippen LogP contribution is 2.35. The minimum absolute atomic E-state index is 0.0149. The smallest absolute Gasteiger partial charge is 0.331 e. The molecule has 11 heteroatoms. The Morgan fingerprint density at radius 1 is 1.16 bits per heavy atom. The number of aromatic amines is 1. The van der Waals surface area contributed by atoms with Gasteiger partial charge in [-0.25, -0.2) is 9.18 Å².